The molecule has 1 aliphatic heterocycles. The van der Waals surface area contributed by atoms with Crippen LogP contribution in [0.4, 0.5) is 0 Å². The molecule has 0 aromatic rings. The standard InChI is InChI=1S/C15H28O2/c1-6-7-10(2)12-8-11(3)14-13(9-12)16-15(4,5)17-14/h10-14H,6-9H2,1-5H3/t10-,11-,12+,13+,14-/m1/s1. The van der Waals surface area contributed by atoms with E-state index in [1.54, 1.807) is 0 Å². The largest absolute Gasteiger partial charge is 0.345 e. The summed E-state index contributed by atoms with van der Waals surface area (Å²) in [6, 6.07) is 0. The molecular formula is C15H28O2. The summed E-state index contributed by atoms with van der Waals surface area (Å²) in [4.78, 5) is 0. The summed E-state index contributed by atoms with van der Waals surface area (Å²) < 4.78 is 12.1. The summed E-state index contributed by atoms with van der Waals surface area (Å²) in [5, 5.41) is 0. The van der Waals surface area contributed by atoms with Crippen molar-refractivity contribution < 1.29 is 9.47 Å². The Bertz CT molecular complexity index is 262. The van der Waals surface area contributed by atoms with Gasteiger partial charge in [0.05, 0.1) is 12.2 Å². The van der Waals surface area contributed by atoms with E-state index in [0.29, 0.717) is 18.1 Å². The molecule has 17 heavy (non-hydrogen) atoms. The molecule has 2 heteroatoms. The fourth-order valence-electron chi connectivity index (χ4n) is 3.69. The van der Waals surface area contributed by atoms with Crippen LogP contribution in [0.1, 0.15) is 60.3 Å². The minimum atomic E-state index is -0.369. The van der Waals surface area contributed by atoms with Crippen molar-refractivity contribution in [1.29, 1.82) is 0 Å². The number of fused-ring (bicyclic) bond motifs is 1. The molecule has 5 atom stereocenters. The first-order valence-electron chi connectivity index (χ1n) is 7.28. The van der Waals surface area contributed by atoms with Crippen LogP contribution in [0, 0.1) is 17.8 Å². The van der Waals surface area contributed by atoms with Crippen molar-refractivity contribution in [2.75, 3.05) is 0 Å². The van der Waals surface area contributed by atoms with Crippen molar-refractivity contribution in [2.24, 2.45) is 17.8 Å². The molecule has 0 radical (unpaired) electrons. The van der Waals surface area contributed by atoms with Crippen LogP contribution in [0.3, 0.4) is 0 Å². The van der Waals surface area contributed by atoms with Crippen LogP contribution in [-0.4, -0.2) is 18.0 Å². The number of rotatable bonds is 3. The third-order valence-electron chi connectivity index (χ3n) is 4.54. The van der Waals surface area contributed by atoms with Gasteiger partial charge in [-0.3, -0.25) is 0 Å². The van der Waals surface area contributed by atoms with Gasteiger partial charge < -0.3 is 9.47 Å². The summed E-state index contributed by atoms with van der Waals surface area (Å²) >= 11 is 0. The predicted octanol–water partition coefficient (Wildman–Crippen LogP) is 3.99. The molecule has 1 saturated carbocycles. The average molecular weight is 240 g/mol. The van der Waals surface area contributed by atoms with Gasteiger partial charge in [0, 0.05) is 0 Å². The van der Waals surface area contributed by atoms with E-state index in [-0.39, 0.29) is 5.79 Å². The Morgan fingerprint density at radius 3 is 2.59 bits per heavy atom. The second-order valence-corrected chi connectivity index (χ2v) is 6.61. The van der Waals surface area contributed by atoms with Crippen molar-refractivity contribution in [2.45, 2.75) is 78.3 Å². The Morgan fingerprint density at radius 1 is 1.24 bits per heavy atom. The van der Waals surface area contributed by atoms with Gasteiger partial charge in [0.15, 0.2) is 5.79 Å². The molecule has 2 rings (SSSR count). The fourth-order valence-corrected chi connectivity index (χ4v) is 3.69. The highest BCUT2D eigenvalue weighted by Gasteiger charge is 2.48. The van der Waals surface area contributed by atoms with Crippen molar-refractivity contribution >= 4 is 0 Å². The van der Waals surface area contributed by atoms with E-state index in [9.17, 15) is 0 Å². The first-order chi connectivity index (χ1) is 7.93. The monoisotopic (exact) mass is 240 g/mol. The summed E-state index contributed by atoms with van der Waals surface area (Å²) in [6.45, 7) is 11.1. The zero-order valence-corrected chi connectivity index (χ0v) is 12.0. The van der Waals surface area contributed by atoms with E-state index in [1.807, 2.05) is 13.8 Å². The molecule has 1 saturated heterocycles. The molecular weight excluding hydrogens is 212 g/mol. The molecule has 2 fully saturated rings. The second-order valence-electron chi connectivity index (χ2n) is 6.61. The zero-order valence-electron chi connectivity index (χ0n) is 12.0. The first kappa shape index (κ1) is 13.4. The van der Waals surface area contributed by atoms with Gasteiger partial charge in [-0.05, 0) is 44.4 Å². The topological polar surface area (TPSA) is 18.5 Å². The van der Waals surface area contributed by atoms with E-state index >= 15 is 0 Å². The van der Waals surface area contributed by atoms with Gasteiger partial charge in [0.1, 0.15) is 0 Å². The van der Waals surface area contributed by atoms with Crippen LogP contribution in [-0.2, 0) is 9.47 Å². The Morgan fingerprint density at radius 2 is 1.94 bits per heavy atom. The first-order valence-corrected chi connectivity index (χ1v) is 7.28. The minimum absolute atomic E-state index is 0.329. The lowest BCUT2D eigenvalue weighted by atomic mass is 9.72. The maximum atomic E-state index is 6.06. The van der Waals surface area contributed by atoms with Gasteiger partial charge in [-0.15, -0.1) is 0 Å². The van der Waals surface area contributed by atoms with E-state index in [0.717, 1.165) is 11.8 Å². The molecule has 0 aromatic carbocycles. The number of ether oxygens (including phenoxy) is 2. The van der Waals surface area contributed by atoms with Gasteiger partial charge >= 0.3 is 0 Å². The predicted molar refractivity (Wildman–Crippen MR) is 69.8 cm³/mol. The lowest BCUT2D eigenvalue weighted by molar-refractivity contribution is -0.148. The lowest BCUT2D eigenvalue weighted by Crippen LogP contribution is -2.39. The molecule has 1 aliphatic carbocycles. The Kier molecular flexibility index (Phi) is 3.84. The summed E-state index contributed by atoms with van der Waals surface area (Å²) in [6.07, 6.45) is 5.80. The quantitative estimate of drug-likeness (QED) is 0.742. The number of hydrogen-bond donors (Lipinski definition) is 0. The summed E-state index contributed by atoms with van der Waals surface area (Å²) in [5.41, 5.74) is 0. The SMILES string of the molecule is CCC[C@@H](C)[C@H]1C[C@@H](C)[C@H]2OC(C)(C)O[C@H]2C1. The van der Waals surface area contributed by atoms with Gasteiger partial charge in [-0.25, -0.2) is 0 Å². The molecule has 0 bridgehead atoms. The molecule has 0 aromatic heterocycles. The van der Waals surface area contributed by atoms with E-state index in [1.165, 1.54) is 25.7 Å². The van der Waals surface area contributed by atoms with Crippen molar-refractivity contribution in [3.8, 4) is 0 Å². The summed E-state index contributed by atoms with van der Waals surface area (Å²) in [7, 11) is 0. The third kappa shape index (κ3) is 2.85. The highest BCUT2D eigenvalue weighted by atomic mass is 16.8. The minimum Gasteiger partial charge on any atom is -0.345 e. The van der Waals surface area contributed by atoms with Crippen LogP contribution in [0.2, 0.25) is 0 Å². The van der Waals surface area contributed by atoms with Crippen molar-refractivity contribution in [3.63, 3.8) is 0 Å². The Labute approximate surface area is 106 Å². The molecule has 2 aliphatic rings. The zero-order chi connectivity index (χ0) is 12.6. The van der Waals surface area contributed by atoms with Crippen molar-refractivity contribution in [3.05, 3.63) is 0 Å². The molecule has 0 unspecified atom stereocenters. The van der Waals surface area contributed by atoms with Crippen LogP contribution in [0.25, 0.3) is 0 Å². The van der Waals surface area contributed by atoms with E-state index < -0.39 is 0 Å². The average Bonchev–Trinajstić information content (AvgIpc) is 2.53. The van der Waals surface area contributed by atoms with E-state index in [2.05, 4.69) is 20.8 Å². The molecule has 100 valence electrons. The smallest absolute Gasteiger partial charge is 0.163 e. The Hall–Kier alpha value is -0.0800. The van der Waals surface area contributed by atoms with Crippen LogP contribution >= 0.6 is 0 Å². The molecule has 2 nitrogen and oxygen atoms in total. The second kappa shape index (κ2) is 4.89. The van der Waals surface area contributed by atoms with Gasteiger partial charge in [0.25, 0.3) is 0 Å². The van der Waals surface area contributed by atoms with Gasteiger partial charge in [-0.2, -0.15) is 0 Å². The molecule has 0 spiro atoms. The van der Waals surface area contributed by atoms with Crippen LogP contribution in [0.15, 0.2) is 0 Å². The van der Waals surface area contributed by atoms with Crippen LogP contribution in [0.5, 0.6) is 0 Å². The van der Waals surface area contributed by atoms with Crippen LogP contribution < -0.4 is 0 Å². The summed E-state index contributed by atoms with van der Waals surface area (Å²) in [5.74, 6) is 1.92. The molecule has 1 heterocycles. The third-order valence-corrected chi connectivity index (χ3v) is 4.54. The van der Waals surface area contributed by atoms with Crippen molar-refractivity contribution in [1.82, 2.24) is 0 Å². The molecule has 0 N–H and O–H groups in total. The van der Waals surface area contributed by atoms with E-state index in [4.69, 9.17) is 9.47 Å². The Balaban J connectivity index is 2.00. The normalized spacial score (nSPS) is 42.2. The molecule has 0 amide bonds. The lowest BCUT2D eigenvalue weighted by Gasteiger charge is -2.37. The number of hydrogen-bond acceptors (Lipinski definition) is 2. The maximum absolute atomic E-state index is 6.06. The van der Waals surface area contributed by atoms with Gasteiger partial charge in [-0.1, -0.05) is 33.6 Å². The highest BCUT2D eigenvalue weighted by Crippen LogP contribution is 2.44. The van der Waals surface area contributed by atoms with Gasteiger partial charge in [0.2, 0.25) is 0 Å². The fraction of sp³-hybridized carbons (Fsp3) is 1.00. The maximum Gasteiger partial charge on any atom is 0.163 e. The highest BCUT2D eigenvalue weighted by molar-refractivity contribution is 4.92.